The van der Waals surface area contributed by atoms with Gasteiger partial charge in [-0.1, -0.05) is 6.07 Å². The predicted octanol–water partition coefficient (Wildman–Crippen LogP) is 2.76. The lowest BCUT2D eigenvalue weighted by Crippen LogP contribution is -2.40. The van der Waals surface area contributed by atoms with Gasteiger partial charge in [-0.25, -0.2) is 4.39 Å². The van der Waals surface area contributed by atoms with Gasteiger partial charge >= 0.3 is 0 Å². The van der Waals surface area contributed by atoms with Crippen molar-refractivity contribution >= 4 is 0 Å². The summed E-state index contributed by atoms with van der Waals surface area (Å²) in [6.45, 7) is 6.39. The number of nitrogens with one attached hydrogen (secondary N) is 1. The van der Waals surface area contributed by atoms with Crippen molar-refractivity contribution < 1.29 is 9.13 Å². The van der Waals surface area contributed by atoms with Gasteiger partial charge in [0.05, 0.1) is 12.1 Å². The quantitative estimate of drug-likeness (QED) is 0.615. The maximum atomic E-state index is 14.3. The monoisotopic (exact) mass is 266 g/mol. The SMILES string of the molecule is CCOC(C1CC1)C(NN)c1c(C)cc(C)cc1F. The van der Waals surface area contributed by atoms with Crippen molar-refractivity contribution in [3.05, 3.63) is 34.6 Å². The molecule has 0 aliphatic heterocycles. The van der Waals surface area contributed by atoms with Gasteiger partial charge in [-0.15, -0.1) is 0 Å². The summed E-state index contributed by atoms with van der Waals surface area (Å²) in [6.07, 6.45) is 2.22. The molecule has 1 aliphatic rings. The molecule has 3 nitrogen and oxygen atoms in total. The molecule has 1 aromatic rings. The van der Waals surface area contributed by atoms with Gasteiger partial charge in [0.25, 0.3) is 0 Å². The van der Waals surface area contributed by atoms with E-state index < -0.39 is 0 Å². The van der Waals surface area contributed by atoms with Crippen LogP contribution < -0.4 is 11.3 Å². The molecule has 1 saturated carbocycles. The number of rotatable bonds is 6. The van der Waals surface area contributed by atoms with E-state index in [1.807, 2.05) is 26.8 Å². The lowest BCUT2D eigenvalue weighted by molar-refractivity contribution is 0.0175. The first-order valence-corrected chi connectivity index (χ1v) is 6.92. The molecule has 2 rings (SSSR count). The van der Waals surface area contributed by atoms with Crippen LogP contribution in [0.15, 0.2) is 12.1 Å². The zero-order chi connectivity index (χ0) is 14.0. The van der Waals surface area contributed by atoms with Crippen LogP contribution in [0.3, 0.4) is 0 Å². The topological polar surface area (TPSA) is 47.3 Å². The van der Waals surface area contributed by atoms with E-state index in [1.54, 1.807) is 6.07 Å². The van der Waals surface area contributed by atoms with Crippen LogP contribution in [-0.2, 0) is 4.74 Å². The maximum absolute atomic E-state index is 14.3. The Kier molecular flexibility index (Phi) is 4.55. The molecule has 1 aliphatic carbocycles. The molecule has 19 heavy (non-hydrogen) atoms. The summed E-state index contributed by atoms with van der Waals surface area (Å²) in [7, 11) is 0. The first kappa shape index (κ1) is 14.4. The van der Waals surface area contributed by atoms with Crippen molar-refractivity contribution in [3.8, 4) is 0 Å². The van der Waals surface area contributed by atoms with Gasteiger partial charge in [-0.2, -0.15) is 0 Å². The highest BCUT2D eigenvalue weighted by Gasteiger charge is 2.39. The summed E-state index contributed by atoms with van der Waals surface area (Å²) in [5.41, 5.74) is 5.25. The van der Waals surface area contributed by atoms with Gasteiger partial charge in [0, 0.05) is 12.2 Å². The molecule has 1 fully saturated rings. The minimum Gasteiger partial charge on any atom is -0.376 e. The molecule has 106 valence electrons. The first-order valence-electron chi connectivity index (χ1n) is 6.92. The summed E-state index contributed by atoms with van der Waals surface area (Å²) >= 11 is 0. The van der Waals surface area contributed by atoms with Gasteiger partial charge in [0.15, 0.2) is 0 Å². The zero-order valence-corrected chi connectivity index (χ0v) is 11.9. The predicted molar refractivity (Wildman–Crippen MR) is 74.1 cm³/mol. The lowest BCUT2D eigenvalue weighted by atomic mass is 9.93. The van der Waals surface area contributed by atoms with Crippen LogP contribution in [0, 0.1) is 25.6 Å². The molecule has 1 aromatic carbocycles. The lowest BCUT2D eigenvalue weighted by Gasteiger charge is -2.28. The molecule has 0 bridgehead atoms. The maximum Gasteiger partial charge on any atom is 0.128 e. The Balaban J connectivity index is 2.35. The summed E-state index contributed by atoms with van der Waals surface area (Å²) < 4.78 is 20.1. The molecule has 3 N–H and O–H groups in total. The van der Waals surface area contributed by atoms with E-state index in [2.05, 4.69) is 5.43 Å². The highest BCUT2D eigenvalue weighted by atomic mass is 19.1. The van der Waals surface area contributed by atoms with E-state index >= 15 is 0 Å². The number of hydrogen-bond acceptors (Lipinski definition) is 3. The Hall–Kier alpha value is -0.970. The van der Waals surface area contributed by atoms with Gasteiger partial charge in [0.2, 0.25) is 0 Å². The normalized spacial score (nSPS) is 18.4. The van der Waals surface area contributed by atoms with Gasteiger partial charge < -0.3 is 4.74 Å². The van der Waals surface area contributed by atoms with E-state index in [9.17, 15) is 4.39 Å². The minimum absolute atomic E-state index is 0.0501. The van der Waals surface area contributed by atoms with E-state index in [0.29, 0.717) is 18.1 Å². The van der Waals surface area contributed by atoms with E-state index in [0.717, 1.165) is 24.0 Å². The molecule has 2 atom stereocenters. The van der Waals surface area contributed by atoms with Crippen molar-refractivity contribution in [2.24, 2.45) is 11.8 Å². The second-order valence-corrected chi connectivity index (χ2v) is 5.38. The smallest absolute Gasteiger partial charge is 0.128 e. The van der Waals surface area contributed by atoms with Crippen LogP contribution in [0.1, 0.15) is 42.5 Å². The van der Waals surface area contributed by atoms with Crippen LogP contribution >= 0.6 is 0 Å². The Labute approximate surface area is 114 Å². The van der Waals surface area contributed by atoms with Crippen LogP contribution in [0.5, 0.6) is 0 Å². The van der Waals surface area contributed by atoms with Crippen LogP contribution in [0.4, 0.5) is 4.39 Å². The number of benzene rings is 1. The largest absolute Gasteiger partial charge is 0.376 e. The second-order valence-electron chi connectivity index (χ2n) is 5.38. The summed E-state index contributed by atoms with van der Waals surface area (Å²) in [6, 6.07) is 3.26. The van der Waals surface area contributed by atoms with Crippen molar-refractivity contribution in [2.45, 2.75) is 45.8 Å². The number of aryl methyl sites for hydroxylation is 2. The van der Waals surface area contributed by atoms with Crippen LogP contribution in [0.2, 0.25) is 0 Å². The average molecular weight is 266 g/mol. The molecule has 0 aromatic heterocycles. The molecule has 0 radical (unpaired) electrons. The van der Waals surface area contributed by atoms with Crippen molar-refractivity contribution in [1.82, 2.24) is 5.43 Å². The average Bonchev–Trinajstić information content (AvgIpc) is 3.15. The fraction of sp³-hybridized carbons (Fsp3) is 0.600. The third-order valence-electron chi connectivity index (χ3n) is 3.75. The molecule has 4 heteroatoms. The van der Waals surface area contributed by atoms with E-state index in [4.69, 9.17) is 10.6 Å². The number of halogens is 1. The number of nitrogens with two attached hydrogens (primary N) is 1. The summed E-state index contributed by atoms with van der Waals surface area (Å²) in [4.78, 5) is 0. The fourth-order valence-corrected chi connectivity index (χ4v) is 2.78. The highest BCUT2D eigenvalue weighted by molar-refractivity contribution is 5.35. The molecular weight excluding hydrogens is 243 g/mol. The van der Waals surface area contributed by atoms with E-state index in [1.165, 1.54) is 0 Å². The Morgan fingerprint density at radius 2 is 2.11 bits per heavy atom. The molecule has 2 unspecified atom stereocenters. The summed E-state index contributed by atoms with van der Waals surface area (Å²) in [5, 5.41) is 0. The fourth-order valence-electron chi connectivity index (χ4n) is 2.78. The third kappa shape index (κ3) is 3.14. The Bertz CT molecular complexity index is 423. The first-order chi connectivity index (χ1) is 9.08. The van der Waals surface area contributed by atoms with Gasteiger partial charge in [-0.3, -0.25) is 11.3 Å². The Morgan fingerprint density at radius 3 is 2.58 bits per heavy atom. The second kappa shape index (κ2) is 5.99. The van der Waals surface area contributed by atoms with Gasteiger partial charge in [0.1, 0.15) is 5.82 Å². The van der Waals surface area contributed by atoms with Crippen LogP contribution in [0.25, 0.3) is 0 Å². The molecule has 0 heterocycles. The minimum atomic E-state index is -0.284. The van der Waals surface area contributed by atoms with Crippen molar-refractivity contribution in [1.29, 1.82) is 0 Å². The molecule has 0 amide bonds. The third-order valence-corrected chi connectivity index (χ3v) is 3.75. The Morgan fingerprint density at radius 1 is 1.42 bits per heavy atom. The van der Waals surface area contributed by atoms with E-state index in [-0.39, 0.29) is 18.0 Å². The standard InChI is InChI=1S/C15H23FN2O/c1-4-19-15(11-5-6-11)14(18-17)13-10(3)7-9(2)8-12(13)16/h7-8,11,14-15,18H,4-6,17H2,1-3H3. The number of hydrazine groups is 1. The molecule has 0 spiro atoms. The van der Waals surface area contributed by atoms with Crippen LogP contribution in [-0.4, -0.2) is 12.7 Å². The van der Waals surface area contributed by atoms with Crippen molar-refractivity contribution in [2.75, 3.05) is 6.61 Å². The summed E-state index contributed by atoms with van der Waals surface area (Å²) in [5.74, 6) is 5.96. The molecule has 0 saturated heterocycles. The zero-order valence-electron chi connectivity index (χ0n) is 11.9. The van der Waals surface area contributed by atoms with Crippen molar-refractivity contribution in [3.63, 3.8) is 0 Å². The van der Waals surface area contributed by atoms with Gasteiger partial charge in [-0.05, 0) is 56.7 Å². The number of hydrogen-bond donors (Lipinski definition) is 2. The molecular formula is C15H23FN2O. The highest BCUT2D eigenvalue weighted by Crippen LogP contribution is 2.41. The number of ether oxygens (including phenoxy) is 1.